The molecule has 0 unspecified atom stereocenters. The second kappa shape index (κ2) is 4.34. The van der Waals surface area contributed by atoms with E-state index in [2.05, 4.69) is 0 Å². The number of hydrogen-bond acceptors (Lipinski definition) is 2. The Morgan fingerprint density at radius 2 is 2.00 bits per heavy atom. The minimum absolute atomic E-state index is 0.0398. The van der Waals surface area contributed by atoms with E-state index in [1.807, 2.05) is 0 Å². The molecule has 0 amide bonds. The number of benzene rings is 1. The predicted molar refractivity (Wildman–Crippen MR) is 58.6 cm³/mol. The molecule has 14 heavy (non-hydrogen) atoms. The number of nitrogens with zero attached hydrogens (tertiary/aromatic N) is 1. The number of nitrogens with two attached hydrogens (primary N) is 1. The van der Waals surface area contributed by atoms with E-state index in [0.29, 0.717) is 10.7 Å². The summed E-state index contributed by atoms with van der Waals surface area (Å²) >= 11 is 11.7. The Bertz CT molecular complexity index is 353. The lowest BCUT2D eigenvalue weighted by molar-refractivity contribution is 0.611. The Labute approximate surface area is 92.4 Å². The van der Waals surface area contributed by atoms with Gasteiger partial charge in [-0.05, 0) is 6.07 Å². The highest BCUT2D eigenvalue weighted by molar-refractivity contribution is 6.36. The van der Waals surface area contributed by atoms with Crippen LogP contribution in [0.15, 0.2) is 6.07 Å². The summed E-state index contributed by atoms with van der Waals surface area (Å²) in [6.07, 6.45) is 0. The summed E-state index contributed by atoms with van der Waals surface area (Å²) in [4.78, 5) is 1.69. The summed E-state index contributed by atoms with van der Waals surface area (Å²) in [5.41, 5.74) is 6.15. The molecule has 0 aliphatic rings. The van der Waals surface area contributed by atoms with Crippen LogP contribution in [-0.2, 0) is 6.54 Å². The third kappa shape index (κ3) is 1.95. The first-order valence-corrected chi connectivity index (χ1v) is 4.78. The number of hydrogen-bond donors (Lipinski definition) is 1. The van der Waals surface area contributed by atoms with Gasteiger partial charge in [0, 0.05) is 26.2 Å². The normalized spacial score (nSPS) is 10.4. The lowest BCUT2D eigenvalue weighted by Gasteiger charge is -2.17. The van der Waals surface area contributed by atoms with Gasteiger partial charge in [0.15, 0.2) is 0 Å². The van der Waals surface area contributed by atoms with E-state index in [1.54, 1.807) is 25.1 Å². The van der Waals surface area contributed by atoms with Crippen molar-refractivity contribution in [3.05, 3.63) is 27.5 Å². The molecular weight excluding hydrogens is 226 g/mol. The fraction of sp³-hybridized carbons (Fsp3) is 0.333. The van der Waals surface area contributed by atoms with Crippen LogP contribution in [0.2, 0.25) is 10.0 Å². The molecule has 1 aromatic rings. The summed E-state index contributed by atoms with van der Waals surface area (Å²) in [5.74, 6) is -0.537. The van der Waals surface area contributed by atoms with E-state index in [1.165, 1.54) is 0 Å². The SMILES string of the molecule is CN(C)c1cc(Cl)c(CN)c(F)c1Cl. The second-order valence-corrected chi connectivity index (χ2v) is 3.87. The monoisotopic (exact) mass is 236 g/mol. The standard InChI is InChI=1S/C9H11Cl2FN2/c1-14(2)7-3-6(10)5(4-13)9(12)8(7)11/h3H,4,13H2,1-2H3. The molecule has 2 nitrogen and oxygen atoms in total. The van der Waals surface area contributed by atoms with Gasteiger partial charge in [0.2, 0.25) is 0 Å². The summed E-state index contributed by atoms with van der Waals surface area (Å²) in [5, 5.41) is 0.359. The molecule has 0 saturated carbocycles. The number of halogens is 3. The van der Waals surface area contributed by atoms with Gasteiger partial charge in [0.05, 0.1) is 10.7 Å². The molecule has 0 bridgehead atoms. The van der Waals surface area contributed by atoms with Gasteiger partial charge in [-0.2, -0.15) is 0 Å². The zero-order chi connectivity index (χ0) is 10.9. The Balaban J connectivity index is 3.40. The molecule has 2 N–H and O–H groups in total. The fourth-order valence-corrected chi connectivity index (χ4v) is 1.73. The topological polar surface area (TPSA) is 29.3 Å². The molecule has 0 aromatic heterocycles. The maximum atomic E-state index is 13.6. The molecule has 0 radical (unpaired) electrons. The summed E-state index contributed by atoms with van der Waals surface area (Å²) in [6.45, 7) is 0.0398. The predicted octanol–water partition coefficient (Wildman–Crippen LogP) is 2.66. The molecule has 78 valence electrons. The Morgan fingerprint density at radius 3 is 2.43 bits per heavy atom. The summed E-state index contributed by atoms with van der Waals surface area (Å²) in [7, 11) is 3.53. The summed E-state index contributed by atoms with van der Waals surface area (Å²) in [6, 6.07) is 1.61. The molecule has 0 atom stereocenters. The van der Waals surface area contributed by atoms with Gasteiger partial charge >= 0.3 is 0 Å². The first kappa shape index (κ1) is 11.6. The molecular formula is C9H11Cl2FN2. The van der Waals surface area contributed by atoms with Crippen LogP contribution in [0, 0.1) is 5.82 Å². The van der Waals surface area contributed by atoms with Gasteiger partial charge in [-0.1, -0.05) is 23.2 Å². The average molecular weight is 237 g/mol. The largest absolute Gasteiger partial charge is 0.376 e. The smallest absolute Gasteiger partial charge is 0.149 e. The van der Waals surface area contributed by atoms with Crippen LogP contribution in [0.25, 0.3) is 0 Å². The van der Waals surface area contributed by atoms with E-state index in [4.69, 9.17) is 28.9 Å². The Kier molecular flexibility index (Phi) is 3.59. The van der Waals surface area contributed by atoms with Crippen LogP contribution in [-0.4, -0.2) is 14.1 Å². The lowest BCUT2D eigenvalue weighted by atomic mass is 10.2. The van der Waals surface area contributed by atoms with Crippen LogP contribution >= 0.6 is 23.2 Å². The molecule has 0 aliphatic carbocycles. The van der Waals surface area contributed by atoms with Crippen molar-refractivity contribution in [2.75, 3.05) is 19.0 Å². The fourth-order valence-electron chi connectivity index (χ4n) is 1.13. The zero-order valence-corrected chi connectivity index (χ0v) is 9.45. The minimum atomic E-state index is -0.537. The van der Waals surface area contributed by atoms with Gasteiger partial charge in [0.1, 0.15) is 10.8 Å². The quantitative estimate of drug-likeness (QED) is 0.801. The van der Waals surface area contributed by atoms with E-state index in [0.717, 1.165) is 0 Å². The van der Waals surface area contributed by atoms with Crippen LogP contribution in [0.4, 0.5) is 10.1 Å². The van der Waals surface area contributed by atoms with Crippen LogP contribution in [0.5, 0.6) is 0 Å². The molecule has 0 saturated heterocycles. The van der Waals surface area contributed by atoms with Gasteiger partial charge in [-0.3, -0.25) is 0 Å². The average Bonchev–Trinajstić information content (AvgIpc) is 2.12. The maximum absolute atomic E-state index is 13.6. The number of anilines is 1. The third-order valence-corrected chi connectivity index (χ3v) is 2.62. The van der Waals surface area contributed by atoms with Crippen LogP contribution in [0.1, 0.15) is 5.56 Å². The summed E-state index contributed by atoms with van der Waals surface area (Å²) < 4.78 is 13.6. The second-order valence-electron chi connectivity index (χ2n) is 3.08. The highest BCUT2D eigenvalue weighted by Crippen LogP contribution is 2.34. The Morgan fingerprint density at radius 1 is 1.43 bits per heavy atom. The molecule has 1 rings (SSSR count). The first-order valence-electron chi connectivity index (χ1n) is 4.02. The van der Waals surface area contributed by atoms with Crippen LogP contribution in [0.3, 0.4) is 0 Å². The molecule has 0 heterocycles. The first-order chi connectivity index (χ1) is 6.49. The van der Waals surface area contributed by atoms with Crippen molar-refractivity contribution in [1.29, 1.82) is 0 Å². The highest BCUT2D eigenvalue weighted by atomic mass is 35.5. The highest BCUT2D eigenvalue weighted by Gasteiger charge is 2.15. The van der Waals surface area contributed by atoms with E-state index >= 15 is 0 Å². The Hall–Kier alpha value is -0.510. The van der Waals surface area contributed by atoms with Gasteiger partial charge in [0.25, 0.3) is 0 Å². The number of rotatable bonds is 2. The molecule has 5 heteroatoms. The van der Waals surface area contributed by atoms with E-state index < -0.39 is 5.82 Å². The van der Waals surface area contributed by atoms with Crippen LogP contribution < -0.4 is 10.6 Å². The van der Waals surface area contributed by atoms with Crippen molar-refractivity contribution in [3.63, 3.8) is 0 Å². The maximum Gasteiger partial charge on any atom is 0.149 e. The van der Waals surface area contributed by atoms with Crippen molar-refractivity contribution in [2.45, 2.75) is 6.54 Å². The molecule has 0 spiro atoms. The van der Waals surface area contributed by atoms with Crippen molar-refractivity contribution >= 4 is 28.9 Å². The lowest BCUT2D eigenvalue weighted by Crippen LogP contribution is -2.11. The van der Waals surface area contributed by atoms with Gasteiger partial charge in [-0.15, -0.1) is 0 Å². The van der Waals surface area contributed by atoms with Gasteiger partial charge in [-0.25, -0.2) is 4.39 Å². The third-order valence-electron chi connectivity index (χ3n) is 1.92. The van der Waals surface area contributed by atoms with E-state index in [9.17, 15) is 4.39 Å². The minimum Gasteiger partial charge on any atom is -0.376 e. The molecule has 1 aromatic carbocycles. The molecule has 0 aliphatic heterocycles. The van der Waals surface area contributed by atoms with Crippen molar-refractivity contribution < 1.29 is 4.39 Å². The van der Waals surface area contributed by atoms with Crippen molar-refractivity contribution in [3.8, 4) is 0 Å². The molecule has 0 fully saturated rings. The zero-order valence-electron chi connectivity index (χ0n) is 7.94. The van der Waals surface area contributed by atoms with E-state index in [-0.39, 0.29) is 17.1 Å². The van der Waals surface area contributed by atoms with Crippen molar-refractivity contribution in [1.82, 2.24) is 0 Å². The van der Waals surface area contributed by atoms with Crippen molar-refractivity contribution in [2.24, 2.45) is 5.73 Å². The van der Waals surface area contributed by atoms with Gasteiger partial charge < -0.3 is 10.6 Å².